The fraction of sp³-hybridized carbons (Fsp3) is 0.625. The molecule has 254 valence electrons. The second-order valence-electron chi connectivity index (χ2n) is 12.6. The zero-order chi connectivity index (χ0) is 32.8. The van der Waals surface area contributed by atoms with Crippen LogP contribution >= 0.6 is 0 Å². The number of para-hydroxylation sites is 1. The van der Waals surface area contributed by atoms with Gasteiger partial charge in [0, 0.05) is 41.5 Å². The summed E-state index contributed by atoms with van der Waals surface area (Å²) in [7, 11) is 0. The van der Waals surface area contributed by atoms with Gasteiger partial charge in [-0.15, -0.1) is 0 Å². The van der Waals surface area contributed by atoms with E-state index in [1.165, 1.54) is 0 Å². The highest BCUT2D eigenvalue weighted by Crippen LogP contribution is 2.28. The number of aromatic amines is 1. The summed E-state index contributed by atoms with van der Waals surface area (Å²) in [6, 6.07) is 7.23. The molecule has 0 spiro atoms. The van der Waals surface area contributed by atoms with Gasteiger partial charge in [0.25, 0.3) is 5.91 Å². The van der Waals surface area contributed by atoms with E-state index >= 15 is 0 Å². The summed E-state index contributed by atoms with van der Waals surface area (Å²) in [6.07, 6.45) is 1.87. The van der Waals surface area contributed by atoms with E-state index in [9.17, 15) is 20.1 Å². The van der Waals surface area contributed by atoms with Crippen molar-refractivity contribution in [3.8, 4) is 0 Å². The van der Waals surface area contributed by atoms with Crippen molar-refractivity contribution in [3.63, 3.8) is 0 Å². The number of hydrogen-bond donors (Lipinski definition) is 10. The summed E-state index contributed by atoms with van der Waals surface area (Å²) in [5.74, 6) is -0.171. The molecule has 3 heterocycles. The number of nitrogens with one attached hydrogen (secondary N) is 3. The Hall–Kier alpha value is -2.76. The number of carbonyl (C=O) groups is 1. The van der Waals surface area contributed by atoms with Crippen molar-refractivity contribution in [1.82, 2.24) is 20.6 Å². The minimum atomic E-state index is -1.28. The first-order valence-electron chi connectivity index (χ1n) is 16.4. The highest BCUT2D eigenvalue weighted by molar-refractivity contribution is 6.09. The number of fused-ring (bicyclic) bond motifs is 3. The third-order valence-electron chi connectivity index (χ3n) is 9.29. The summed E-state index contributed by atoms with van der Waals surface area (Å²) < 4.78 is 11.9. The Bertz CT molecular complexity index is 1420. The molecule has 1 saturated heterocycles. The van der Waals surface area contributed by atoms with Gasteiger partial charge in [-0.1, -0.05) is 43.9 Å². The van der Waals surface area contributed by atoms with E-state index in [-0.39, 0.29) is 12.5 Å². The quantitative estimate of drug-likeness (QED) is 0.0978. The number of aliphatic hydroxyl groups excluding tert-OH is 3. The fourth-order valence-electron chi connectivity index (χ4n) is 6.55. The first kappa shape index (κ1) is 34.6. The lowest BCUT2D eigenvalue weighted by atomic mass is 9.82. The van der Waals surface area contributed by atoms with Crippen molar-refractivity contribution >= 4 is 27.7 Å². The standard InChI is InChI=1S/C32H50N8O6/c33-15-24-28(42)29(43)25(36)32(45-24)46-30-20(35)14-19(34)27(41)26(30)37-11-7-3-1-2-4-8-12-38-31(44)22-13-18-17-9-5-6-10-21(17)40-23(18)16-39-22/h5-6,9-10,13,16,19-20,24-30,32,37,40-43H,1-4,7-8,11-12,14-15,33-36H2,(H,38,44)/t19-,20+,24-,25-,26+,27+,28-,29-,30+,32+/m1/s1. The average molecular weight is 643 g/mol. The molecule has 14 heteroatoms. The van der Waals surface area contributed by atoms with Gasteiger partial charge in [-0.2, -0.15) is 0 Å². The molecule has 2 aliphatic rings. The Kier molecular flexibility index (Phi) is 11.9. The summed E-state index contributed by atoms with van der Waals surface area (Å²) in [6.45, 7) is 1.19. The van der Waals surface area contributed by atoms with E-state index in [2.05, 4.69) is 20.6 Å². The lowest BCUT2D eigenvalue weighted by Crippen LogP contribution is -2.69. The Morgan fingerprint density at radius 2 is 1.65 bits per heavy atom. The number of ether oxygens (including phenoxy) is 2. The van der Waals surface area contributed by atoms with Gasteiger partial charge in [0.05, 0.1) is 36.0 Å². The molecular weight excluding hydrogens is 592 g/mol. The maximum Gasteiger partial charge on any atom is 0.269 e. The van der Waals surface area contributed by atoms with E-state index in [0.717, 1.165) is 60.3 Å². The van der Waals surface area contributed by atoms with E-state index in [1.807, 2.05) is 30.3 Å². The average Bonchev–Trinajstić information content (AvgIpc) is 3.43. The molecule has 0 unspecified atom stereocenters. The van der Waals surface area contributed by atoms with Crippen LogP contribution in [0.2, 0.25) is 0 Å². The monoisotopic (exact) mass is 642 g/mol. The van der Waals surface area contributed by atoms with Gasteiger partial charge in [-0.3, -0.25) is 4.79 Å². The van der Waals surface area contributed by atoms with Crippen LogP contribution in [0.25, 0.3) is 21.8 Å². The number of aromatic nitrogens is 2. The van der Waals surface area contributed by atoms with Crippen LogP contribution < -0.4 is 33.6 Å². The highest BCUT2D eigenvalue weighted by atomic mass is 16.7. The van der Waals surface area contributed by atoms with Gasteiger partial charge >= 0.3 is 0 Å². The molecule has 2 fully saturated rings. The van der Waals surface area contributed by atoms with Crippen molar-refractivity contribution in [2.75, 3.05) is 19.6 Å². The molecule has 5 rings (SSSR count). The molecule has 3 aromatic rings. The van der Waals surface area contributed by atoms with Crippen LogP contribution in [0.3, 0.4) is 0 Å². The predicted molar refractivity (Wildman–Crippen MR) is 175 cm³/mol. The van der Waals surface area contributed by atoms with Crippen LogP contribution in [-0.2, 0) is 9.47 Å². The lowest BCUT2D eigenvalue weighted by molar-refractivity contribution is -0.279. The Labute approximate surface area is 268 Å². The number of nitrogens with two attached hydrogens (primary N) is 4. The van der Waals surface area contributed by atoms with Gasteiger partial charge < -0.3 is 63.3 Å². The molecule has 14 nitrogen and oxygen atoms in total. The second kappa shape index (κ2) is 15.9. The first-order chi connectivity index (χ1) is 22.2. The summed E-state index contributed by atoms with van der Waals surface area (Å²) in [5.41, 5.74) is 26.7. The van der Waals surface area contributed by atoms with Gasteiger partial charge in [-0.05, 0) is 37.9 Å². The van der Waals surface area contributed by atoms with Crippen molar-refractivity contribution in [2.45, 2.75) is 106 Å². The number of H-pyrrole nitrogens is 1. The van der Waals surface area contributed by atoms with Crippen LogP contribution in [-0.4, -0.2) is 112 Å². The Morgan fingerprint density at radius 1 is 0.935 bits per heavy atom. The Balaban J connectivity index is 0.996. The molecule has 1 aliphatic carbocycles. The molecule has 0 bridgehead atoms. The number of hydrogen-bond acceptors (Lipinski definition) is 12. The van der Waals surface area contributed by atoms with Crippen molar-refractivity contribution in [1.29, 1.82) is 0 Å². The normalized spacial score (nSPS) is 31.8. The van der Waals surface area contributed by atoms with Crippen LogP contribution in [0.15, 0.2) is 36.5 Å². The van der Waals surface area contributed by atoms with E-state index in [1.54, 1.807) is 6.20 Å². The van der Waals surface area contributed by atoms with E-state index < -0.39 is 61.0 Å². The van der Waals surface area contributed by atoms with E-state index in [4.69, 9.17) is 32.4 Å². The number of carbonyl (C=O) groups excluding carboxylic acids is 1. The van der Waals surface area contributed by atoms with Crippen molar-refractivity contribution in [3.05, 3.63) is 42.2 Å². The number of benzene rings is 1. The van der Waals surface area contributed by atoms with Crippen molar-refractivity contribution < 1.29 is 29.6 Å². The second-order valence-corrected chi connectivity index (χ2v) is 12.6. The van der Waals surface area contributed by atoms with Gasteiger partial charge in [0.15, 0.2) is 6.29 Å². The number of rotatable bonds is 14. The zero-order valence-corrected chi connectivity index (χ0v) is 26.1. The zero-order valence-electron chi connectivity index (χ0n) is 26.1. The summed E-state index contributed by atoms with van der Waals surface area (Å²) in [5, 5.41) is 39.8. The summed E-state index contributed by atoms with van der Waals surface area (Å²) >= 11 is 0. The van der Waals surface area contributed by atoms with Crippen LogP contribution in [0.4, 0.5) is 0 Å². The van der Waals surface area contributed by atoms with Crippen molar-refractivity contribution in [2.24, 2.45) is 22.9 Å². The molecule has 10 atom stereocenters. The fourth-order valence-corrected chi connectivity index (χ4v) is 6.55. The molecule has 1 saturated carbocycles. The number of amides is 1. The largest absolute Gasteiger partial charge is 0.390 e. The third kappa shape index (κ3) is 7.85. The number of pyridine rings is 1. The molecule has 1 aromatic carbocycles. The number of aliphatic hydroxyl groups is 3. The molecular formula is C32H50N8O6. The van der Waals surface area contributed by atoms with Gasteiger partial charge in [0.2, 0.25) is 0 Å². The van der Waals surface area contributed by atoms with E-state index in [0.29, 0.717) is 25.2 Å². The van der Waals surface area contributed by atoms with Gasteiger partial charge in [-0.25, -0.2) is 4.98 Å². The molecule has 1 amide bonds. The minimum absolute atomic E-state index is 0.0219. The van der Waals surface area contributed by atoms with Crippen LogP contribution in [0, 0.1) is 0 Å². The summed E-state index contributed by atoms with van der Waals surface area (Å²) in [4.78, 5) is 20.3. The molecule has 0 radical (unpaired) electrons. The molecule has 1 aliphatic heterocycles. The minimum Gasteiger partial charge on any atom is -0.390 e. The lowest BCUT2D eigenvalue weighted by Gasteiger charge is -2.47. The van der Waals surface area contributed by atoms with Crippen LogP contribution in [0.1, 0.15) is 55.4 Å². The Morgan fingerprint density at radius 3 is 2.41 bits per heavy atom. The number of unbranched alkanes of at least 4 members (excludes halogenated alkanes) is 5. The topological polar surface area (TPSA) is 253 Å². The molecule has 14 N–H and O–H groups in total. The first-order valence-corrected chi connectivity index (χ1v) is 16.4. The smallest absolute Gasteiger partial charge is 0.269 e. The number of nitrogens with zero attached hydrogens (tertiary/aromatic N) is 1. The maximum atomic E-state index is 12.7. The molecule has 46 heavy (non-hydrogen) atoms. The maximum absolute atomic E-state index is 12.7. The third-order valence-corrected chi connectivity index (χ3v) is 9.29. The predicted octanol–water partition coefficient (Wildman–Crippen LogP) is -0.718. The molecule has 2 aromatic heterocycles. The highest BCUT2D eigenvalue weighted by Gasteiger charge is 2.48. The van der Waals surface area contributed by atoms with Gasteiger partial charge in [0.1, 0.15) is 24.0 Å². The SMILES string of the molecule is NC[C@H]1O[C@@H](O[C@@H]2[C@@H](NCCCCCCCCNC(=O)c3cc4c(cn3)[nH]c3ccccc34)[C@@H](O)[C@H](N)C[C@@H]2N)[C@H](N)[C@@H](O)[C@@H]1O. The van der Waals surface area contributed by atoms with Crippen LogP contribution in [0.5, 0.6) is 0 Å².